The number of nitrogens with two attached hydrogens (primary N) is 1. The molecule has 2 N–H and O–H groups in total. The largest absolute Gasteiger partial charge is 0.389 e. The van der Waals surface area contributed by atoms with Gasteiger partial charge in [-0.1, -0.05) is 26.1 Å². The lowest BCUT2D eigenvalue weighted by Gasteiger charge is -2.21. The van der Waals surface area contributed by atoms with Crippen LogP contribution >= 0.6 is 12.2 Å². The third-order valence-electron chi connectivity index (χ3n) is 3.19. The van der Waals surface area contributed by atoms with Crippen LogP contribution in [0.15, 0.2) is 24.3 Å². The second-order valence-corrected chi connectivity index (χ2v) is 5.69. The van der Waals surface area contributed by atoms with E-state index in [4.69, 9.17) is 18.0 Å². The fourth-order valence-electron chi connectivity index (χ4n) is 2.17. The van der Waals surface area contributed by atoms with Crippen LogP contribution in [0, 0.1) is 5.41 Å². The minimum Gasteiger partial charge on any atom is -0.389 e. The lowest BCUT2D eigenvalue weighted by atomic mass is 9.93. The van der Waals surface area contributed by atoms with Gasteiger partial charge in [-0.05, 0) is 36.1 Å². The fraction of sp³-hybridized carbons (Fsp3) is 0.462. The lowest BCUT2D eigenvalue weighted by molar-refractivity contribution is 0.418. The molecule has 0 saturated carbocycles. The summed E-state index contributed by atoms with van der Waals surface area (Å²) in [5.74, 6) is 0. The van der Waals surface area contributed by atoms with Crippen LogP contribution in [0.1, 0.15) is 25.8 Å². The van der Waals surface area contributed by atoms with Crippen molar-refractivity contribution in [3.8, 4) is 0 Å². The number of benzene rings is 1. The molecule has 0 aliphatic carbocycles. The molecule has 0 bridgehead atoms. The maximum Gasteiger partial charge on any atom is 0.103 e. The maximum absolute atomic E-state index is 5.58. The summed E-state index contributed by atoms with van der Waals surface area (Å²) in [5, 5.41) is 0. The first kappa shape index (κ1) is 11.4. The van der Waals surface area contributed by atoms with Crippen LogP contribution in [0.25, 0.3) is 0 Å². The Bertz CT molecular complexity index is 395. The van der Waals surface area contributed by atoms with Gasteiger partial charge in [0.15, 0.2) is 0 Å². The van der Waals surface area contributed by atoms with Crippen molar-refractivity contribution >= 4 is 22.9 Å². The third-order valence-corrected chi connectivity index (χ3v) is 3.43. The lowest BCUT2D eigenvalue weighted by Crippen LogP contribution is -2.22. The summed E-state index contributed by atoms with van der Waals surface area (Å²) in [6.07, 6.45) is 1.25. The molecular formula is C13H18N2S. The van der Waals surface area contributed by atoms with Crippen molar-refractivity contribution in [3.63, 3.8) is 0 Å². The molecule has 0 amide bonds. The molecule has 1 aliphatic rings. The Labute approximate surface area is 102 Å². The Morgan fingerprint density at radius 1 is 1.31 bits per heavy atom. The van der Waals surface area contributed by atoms with Gasteiger partial charge in [0.1, 0.15) is 4.99 Å². The van der Waals surface area contributed by atoms with Crippen LogP contribution in [0.2, 0.25) is 0 Å². The van der Waals surface area contributed by atoms with Crippen LogP contribution in [0.4, 0.5) is 5.69 Å². The van der Waals surface area contributed by atoms with Crippen molar-refractivity contribution in [2.24, 2.45) is 11.1 Å². The molecule has 1 aliphatic heterocycles. The summed E-state index contributed by atoms with van der Waals surface area (Å²) < 4.78 is 0. The van der Waals surface area contributed by atoms with Crippen molar-refractivity contribution in [3.05, 3.63) is 29.8 Å². The summed E-state index contributed by atoms with van der Waals surface area (Å²) in [7, 11) is 0. The van der Waals surface area contributed by atoms with Crippen molar-refractivity contribution in [2.45, 2.75) is 20.3 Å². The average Bonchev–Trinajstić information content (AvgIpc) is 2.59. The van der Waals surface area contributed by atoms with E-state index in [0.717, 1.165) is 18.7 Å². The van der Waals surface area contributed by atoms with Crippen molar-refractivity contribution in [1.29, 1.82) is 0 Å². The monoisotopic (exact) mass is 234 g/mol. The van der Waals surface area contributed by atoms with Gasteiger partial charge < -0.3 is 10.6 Å². The molecule has 1 fully saturated rings. The molecule has 1 aromatic carbocycles. The van der Waals surface area contributed by atoms with E-state index in [-0.39, 0.29) is 0 Å². The first-order valence-corrected chi connectivity index (χ1v) is 6.04. The zero-order chi connectivity index (χ0) is 11.8. The topological polar surface area (TPSA) is 29.3 Å². The van der Waals surface area contributed by atoms with Gasteiger partial charge in [0.25, 0.3) is 0 Å². The van der Waals surface area contributed by atoms with E-state index in [1.165, 1.54) is 12.1 Å². The Hall–Kier alpha value is -1.09. The van der Waals surface area contributed by atoms with Crippen molar-refractivity contribution < 1.29 is 0 Å². The molecule has 3 heteroatoms. The van der Waals surface area contributed by atoms with E-state index < -0.39 is 0 Å². The van der Waals surface area contributed by atoms with E-state index in [0.29, 0.717) is 10.4 Å². The normalized spacial score (nSPS) is 18.8. The van der Waals surface area contributed by atoms with Crippen molar-refractivity contribution in [2.75, 3.05) is 18.0 Å². The molecular weight excluding hydrogens is 216 g/mol. The van der Waals surface area contributed by atoms with Gasteiger partial charge in [-0.25, -0.2) is 0 Å². The maximum atomic E-state index is 5.58. The molecule has 86 valence electrons. The molecule has 0 unspecified atom stereocenters. The minimum absolute atomic E-state index is 0.432. The molecule has 0 radical (unpaired) electrons. The van der Waals surface area contributed by atoms with Gasteiger partial charge in [0, 0.05) is 24.3 Å². The molecule has 0 spiro atoms. The Morgan fingerprint density at radius 3 is 2.38 bits per heavy atom. The van der Waals surface area contributed by atoms with Crippen LogP contribution in [-0.2, 0) is 0 Å². The van der Waals surface area contributed by atoms with Crippen molar-refractivity contribution in [1.82, 2.24) is 0 Å². The van der Waals surface area contributed by atoms with Gasteiger partial charge in [0.2, 0.25) is 0 Å². The highest BCUT2D eigenvalue weighted by Crippen LogP contribution is 2.32. The molecule has 1 saturated heterocycles. The quantitative estimate of drug-likeness (QED) is 0.797. The van der Waals surface area contributed by atoms with Crippen LogP contribution < -0.4 is 10.6 Å². The van der Waals surface area contributed by atoms with Crippen LogP contribution in [-0.4, -0.2) is 18.1 Å². The van der Waals surface area contributed by atoms with E-state index in [9.17, 15) is 0 Å². The van der Waals surface area contributed by atoms with Crippen LogP contribution in [0.5, 0.6) is 0 Å². The van der Waals surface area contributed by atoms with E-state index >= 15 is 0 Å². The summed E-state index contributed by atoms with van der Waals surface area (Å²) in [4.78, 5) is 2.89. The highest BCUT2D eigenvalue weighted by atomic mass is 32.1. The average molecular weight is 234 g/mol. The molecule has 1 aromatic rings. The van der Waals surface area contributed by atoms with Crippen LogP contribution in [0.3, 0.4) is 0 Å². The zero-order valence-corrected chi connectivity index (χ0v) is 10.7. The number of thiocarbonyl (C=S) groups is 1. The number of hydrogen-bond donors (Lipinski definition) is 1. The molecule has 2 nitrogen and oxygen atoms in total. The summed E-state index contributed by atoms with van der Waals surface area (Å²) in [5.41, 5.74) is 8.22. The number of rotatable bonds is 2. The number of hydrogen-bond acceptors (Lipinski definition) is 2. The predicted octanol–water partition coefficient (Wildman–Crippen LogP) is 2.56. The Morgan fingerprint density at radius 2 is 1.94 bits per heavy atom. The van der Waals surface area contributed by atoms with E-state index in [1.807, 2.05) is 12.1 Å². The second kappa shape index (κ2) is 4.06. The molecule has 2 rings (SSSR count). The summed E-state index contributed by atoms with van der Waals surface area (Å²) >= 11 is 4.94. The molecule has 0 atom stereocenters. The molecule has 0 aromatic heterocycles. The van der Waals surface area contributed by atoms with Gasteiger partial charge in [-0.3, -0.25) is 0 Å². The van der Waals surface area contributed by atoms with Gasteiger partial charge in [-0.15, -0.1) is 0 Å². The highest BCUT2D eigenvalue weighted by molar-refractivity contribution is 7.80. The summed E-state index contributed by atoms with van der Waals surface area (Å²) in [6.45, 7) is 6.89. The number of anilines is 1. The first-order valence-electron chi connectivity index (χ1n) is 5.63. The number of nitrogens with zero attached hydrogens (tertiary/aromatic N) is 1. The smallest absolute Gasteiger partial charge is 0.103 e. The summed E-state index contributed by atoms with van der Waals surface area (Å²) in [6, 6.07) is 8.22. The molecule has 16 heavy (non-hydrogen) atoms. The Balaban J connectivity index is 2.14. The second-order valence-electron chi connectivity index (χ2n) is 5.25. The SMILES string of the molecule is CC1(C)CCN(c2ccc(C(N)=S)cc2)C1. The fourth-order valence-corrected chi connectivity index (χ4v) is 2.31. The van der Waals surface area contributed by atoms with Gasteiger partial charge >= 0.3 is 0 Å². The van der Waals surface area contributed by atoms with Gasteiger partial charge in [-0.2, -0.15) is 0 Å². The third kappa shape index (κ3) is 2.35. The van der Waals surface area contributed by atoms with E-state index in [1.54, 1.807) is 0 Å². The van der Waals surface area contributed by atoms with E-state index in [2.05, 4.69) is 30.9 Å². The standard InChI is InChI=1S/C13H18N2S/c1-13(2)7-8-15(9-13)11-5-3-10(4-6-11)12(14)16/h3-6H,7-9H2,1-2H3,(H2,14,16). The molecule has 1 heterocycles. The Kier molecular flexibility index (Phi) is 2.89. The highest BCUT2D eigenvalue weighted by Gasteiger charge is 2.29. The zero-order valence-electron chi connectivity index (χ0n) is 9.86. The predicted molar refractivity (Wildman–Crippen MR) is 72.9 cm³/mol. The minimum atomic E-state index is 0.432. The first-order chi connectivity index (χ1) is 7.48. The van der Waals surface area contributed by atoms with Gasteiger partial charge in [0.05, 0.1) is 0 Å².